The topological polar surface area (TPSA) is 33.0 Å². The van der Waals surface area contributed by atoms with E-state index in [9.17, 15) is 5.26 Å². The Hall–Kier alpha value is -2.11. The van der Waals surface area contributed by atoms with Gasteiger partial charge in [0.1, 0.15) is 0 Å². The summed E-state index contributed by atoms with van der Waals surface area (Å²) in [6.45, 7) is 5.27. The molecule has 1 fully saturated rings. The number of rotatable bonds is 5. The van der Waals surface area contributed by atoms with Crippen molar-refractivity contribution in [2.75, 3.05) is 6.61 Å². The smallest absolute Gasteiger partial charge is 0.0877 e. The van der Waals surface area contributed by atoms with E-state index in [1.165, 1.54) is 5.56 Å². The first-order chi connectivity index (χ1) is 10.8. The number of benzene rings is 2. The van der Waals surface area contributed by atoms with Crippen LogP contribution in [0, 0.1) is 17.2 Å². The van der Waals surface area contributed by atoms with E-state index in [1.807, 2.05) is 62.4 Å². The fraction of sp³-hybridized carbons (Fsp3) is 0.350. The molecule has 0 radical (unpaired) electrons. The highest BCUT2D eigenvalue weighted by Gasteiger charge is 2.56. The van der Waals surface area contributed by atoms with Gasteiger partial charge in [-0.3, -0.25) is 0 Å². The molecule has 1 saturated carbocycles. The molecule has 22 heavy (non-hydrogen) atoms. The molecule has 2 nitrogen and oxygen atoms in total. The molecule has 1 aliphatic rings. The fourth-order valence-electron chi connectivity index (χ4n) is 2.71. The van der Waals surface area contributed by atoms with E-state index in [2.05, 4.69) is 18.2 Å². The third kappa shape index (κ3) is 3.55. The van der Waals surface area contributed by atoms with Crippen LogP contribution in [-0.4, -0.2) is 6.61 Å². The van der Waals surface area contributed by atoms with Gasteiger partial charge in [0.15, 0.2) is 0 Å². The molecule has 0 bridgehead atoms. The molecular formula is C20H23NO. The first kappa shape index (κ1) is 16.3. The number of hydrogen-bond acceptors (Lipinski definition) is 2. The summed E-state index contributed by atoms with van der Waals surface area (Å²) in [5, 5.41) is 9.49. The van der Waals surface area contributed by atoms with Gasteiger partial charge in [0.05, 0.1) is 24.7 Å². The van der Waals surface area contributed by atoms with E-state index in [-0.39, 0.29) is 5.41 Å². The van der Waals surface area contributed by atoms with E-state index < -0.39 is 0 Å². The summed E-state index contributed by atoms with van der Waals surface area (Å²) in [7, 11) is 0. The van der Waals surface area contributed by atoms with Crippen LogP contribution in [0.15, 0.2) is 60.7 Å². The summed E-state index contributed by atoms with van der Waals surface area (Å²) in [4.78, 5) is 0. The van der Waals surface area contributed by atoms with Gasteiger partial charge in [-0.1, -0.05) is 74.5 Å². The summed E-state index contributed by atoms with van der Waals surface area (Å²) in [6, 6.07) is 22.7. The number of hydrogen-bond donors (Lipinski definition) is 0. The molecule has 2 aromatic carbocycles. The van der Waals surface area contributed by atoms with Gasteiger partial charge in [0, 0.05) is 5.92 Å². The second kappa shape index (κ2) is 7.77. The lowest BCUT2D eigenvalue weighted by Crippen LogP contribution is -2.10. The molecular weight excluding hydrogens is 270 g/mol. The number of nitriles is 1. The van der Waals surface area contributed by atoms with Gasteiger partial charge in [-0.15, -0.1) is 0 Å². The second-order valence-electron chi connectivity index (χ2n) is 5.35. The first-order valence-electron chi connectivity index (χ1n) is 7.93. The van der Waals surface area contributed by atoms with Gasteiger partial charge in [0.2, 0.25) is 0 Å². The maximum atomic E-state index is 9.49. The molecule has 0 heterocycles. The molecule has 0 spiro atoms. The molecule has 114 valence electrons. The summed E-state index contributed by atoms with van der Waals surface area (Å²) < 4.78 is 5.77. The SMILES string of the molecule is CC.N#CC1(c2ccccc2)CC1COCc1ccccc1. The molecule has 2 aromatic rings. The lowest BCUT2D eigenvalue weighted by Gasteiger charge is -2.09. The normalized spacial score (nSPS) is 22.1. The Labute approximate surface area is 133 Å². The van der Waals surface area contributed by atoms with Crippen molar-refractivity contribution in [1.82, 2.24) is 0 Å². The Kier molecular flexibility index (Phi) is 5.75. The van der Waals surface area contributed by atoms with E-state index in [0.717, 1.165) is 12.0 Å². The third-order valence-electron chi connectivity index (χ3n) is 4.02. The monoisotopic (exact) mass is 293 g/mol. The Balaban J connectivity index is 0.000000847. The van der Waals surface area contributed by atoms with Crippen LogP contribution in [0.1, 0.15) is 31.4 Å². The minimum absolute atomic E-state index is 0.318. The number of nitrogens with zero attached hydrogens (tertiary/aromatic N) is 1. The number of ether oxygens (including phenoxy) is 1. The van der Waals surface area contributed by atoms with Crippen molar-refractivity contribution in [3.8, 4) is 6.07 Å². The zero-order valence-electron chi connectivity index (χ0n) is 13.3. The fourth-order valence-corrected chi connectivity index (χ4v) is 2.71. The van der Waals surface area contributed by atoms with Crippen molar-refractivity contribution < 1.29 is 4.74 Å². The lowest BCUT2D eigenvalue weighted by atomic mass is 9.95. The van der Waals surface area contributed by atoms with Crippen LogP contribution < -0.4 is 0 Å². The average molecular weight is 293 g/mol. The van der Waals surface area contributed by atoms with E-state index in [4.69, 9.17) is 4.74 Å². The summed E-state index contributed by atoms with van der Waals surface area (Å²) >= 11 is 0. The van der Waals surface area contributed by atoms with Gasteiger partial charge in [-0.2, -0.15) is 5.26 Å². The van der Waals surface area contributed by atoms with Gasteiger partial charge in [0.25, 0.3) is 0 Å². The molecule has 0 saturated heterocycles. The molecule has 3 rings (SSSR count). The van der Waals surface area contributed by atoms with Crippen LogP contribution in [-0.2, 0) is 16.8 Å². The van der Waals surface area contributed by atoms with E-state index in [0.29, 0.717) is 19.1 Å². The predicted molar refractivity (Wildman–Crippen MR) is 89.3 cm³/mol. The Morgan fingerprint density at radius 1 is 1.05 bits per heavy atom. The zero-order chi connectivity index (χ0) is 15.8. The molecule has 2 unspecified atom stereocenters. The van der Waals surface area contributed by atoms with Crippen molar-refractivity contribution in [2.24, 2.45) is 5.92 Å². The minimum Gasteiger partial charge on any atom is -0.376 e. The average Bonchev–Trinajstić information content (AvgIpc) is 3.33. The van der Waals surface area contributed by atoms with Crippen molar-refractivity contribution in [3.63, 3.8) is 0 Å². The van der Waals surface area contributed by atoms with Crippen LogP contribution in [0.4, 0.5) is 0 Å². The van der Waals surface area contributed by atoms with Gasteiger partial charge >= 0.3 is 0 Å². The zero-order valence-corrected chi connectivity index (χ0v) is 13.3. The Morgan fingerprint density at radius 3 is 2.23 bits per heavy atom. The molecule has 0 aliphatic heterocycles. The highest BCUT2D eigenvalue weighted by molar-refractivity contribution is 5.41. The highest BCUT2D eigenvalue weighted by atomic mass is 16.5. The van der Waals surface area contributed by atoms with Crippen molar-refractivity contribution in [1.29, 1.82) is 5.26 Å². The van der Waals surface area contributed by atoms with Gasteiger partial charge < -0.3 is 4.74 Å². The molecule has 0 N–H and O–H groups in total. The minimum atomic E-state index is -0.321. The van der Waals surface area contributed by atoms with Crippen LogP contribution in [0.25, 0.3) is 0 Å². The standard InChI is InChI=1S/C18H17NO.C2H6/c19-14-18(16-9-5-2-6-10-16)11-17(18)13-20-12-15-7-3-1-4-8-15;1-2/h1-10,17H,11-13H2;1-2H3. The first-order valence-corrected chi connectivity index (χ1v) is 7.93. The largest absolute Gasteiger partial charge is 0.376 e. The Morgan fingerprint density at radius 2 is 1.64 bits per heavy atom. The Bertz CT molecular complexity index is 603. The van der Waals surface area contributed by atoms with Gasteiger partial charge in [-0.05, 0) is 17.5 Å². The molecule has 2 heteroatoms. The quantitative estimate of drug-likeness (QED) is 0.799. The predicted octanol–water partition coefficient (Wildman–Crippen LogP) is 4.71. The van der Waals surface area contributed by atoms with E-state index >= 15 is 0 Å². The maximum absolute atomic E-state index is 9.49. The molecule has 2 atom stereocenters. The lowest BCUT2D eigenvalue weighted by molar-refractivity contribution is 0.108. The molecule has 1 aliphatic carbocycles. The highest BCUT2D eigenvalue weighted by Crippen LogP contribution is 2.53. The third-order valence-corrected chi connectivity index (χ3v) is 4.02. The van der Waals surface area contributed by atoms with Crippen molar-refractivity contribution >= 4 is 0 Å². The summed E-state index contributed by atoms with van der Waals surface area (Å²) in [6.07, 6.45) is 0.905. The van der Waals surface area contributed by atoms with Crippen molar-refractivity contribution in [3.05, 3.63) is 71.8 Å². The maximum Gasteiger partial charge on any atom is 0.0877 e. The molecule has 0 aromatic heterocycles. The van der Waals surface area contributed by atoms with Crippen LogP contribution in [0.2, 0.25) is 0 Å². The summed E-state index contributed by atoms with van der Waals surface area (Å²) in [5.41, 5.74) is 1.98. The summed E-state index contributed by atoms with van der Waals surface area (Å²) in [5.74, 6) is 0.318. The van der Waals surface area contributed by atoms with E-state index in [1.54, 1.807) is 0 Å². The second-order valence-corrected chi connectivity index (χ2v) is 5.35. The molecule has 0 amide bonds. The van der Waals surface area contributed by atoms with Crippen LogP contribution in [0.3, 0.4) is 0 Å². The van der Waals surface area contributed by atoms with Crippen molar-refractivity contribution in [2.45, 2.75) is 32.3 Å². The van der Waals surface area contributed by atoms with Gasteiger partial charge in [-0.25, -0.2) is 0 Å². The van der Waals surface area contributed by atoms with Crippen LogP contribution in [0.5, 0.6) is 0 Å². The van der Waals surface area contributed by atoms with Crippen LogP contribution >= 0.6 is 0 Å².